The van der Waals surface area contributed by atoms with E-state index in [1.54, 1.807) is 0 Å². The molecule has 4 nitrogen and oxygen atoms in total. The van der Waals surface area contributed by atoms with Gasteiger partial charge in [-0.3, -0.25) is 4.90 Å². The summed E-state index contributed by atoms with van der Waals surface area (Å²) >= 11 is 0. The van der Waals surface area contributed by atoms with Crippen molar-refractivity contribution in [2.45, 2.75) is 20.0 Å². The highest BCUT2D eigenvalue weighted by Gasteiger charge is 2.09. The number of nitrogens with one attached hydrogen (secondary N) is 2. The highest BCUT2D eigenvalue weighted by molar-refractivity contribution is 5.83. The number of piperazine rings is 1. The molecule has 2 aromatic rings. The van der Waals surface area contributed by atoms with Crippen molar-refractivity contribution in [2.75, 3.05) is 39.3 Å². The normalized spacial score (nSPS) is 16.6. The number of aromatic nitrogens is 1. The number of para-hydroxylation sites is 1. The van der Waals surface area contributed by atoms with Gasteiger partial charge in [0.05, 0.1) is 0 Å². The summed E-state index contributed by atoms with van der Waals surface area (Å²) in [6.07, 6.45) is 2.29. The van der Waals surface area contributed by atoms with Crippen molar-refractivity contribution in [1.29, 1.82) is 0 Å². The highest BCUT2D eigenvalue weighted by atomic mass is 15.2. The molecule has 1 aromatic carbocycles. The van der Waals surface area contributed by atoms with Gasteiger partial charge >= 0.3 is 0 Å². The molecule has 0 atom stereocenters. The largest absolute Gasteiger partial charge is 0.347 e. The summed E-state index contributed by atoms with van der Waals surface area (Å²) in [6.45, 7) is 11.0. The number of aryl methyl sites for hydroxylation is 1. The third-order valence-electron chi connectivity index (χ3n) is 4.34. The number of hydrogen-bond donors (Lipinski definition) is 2. The van der Waals surface area contributed by atoms with Crippen LogP contribution >= 0.6 is 0 Å². The summed E-state index contributed by atoms with van der Waals surface area (Å²) in [4.78, 5) is 2.53. The van der Waals surface area contributed by atoms with Crippen molar-refractivity contribution < 1.29 is 0 Å². The van der Waals surface area contributed by atoms with Crippen molar-refractivity contribution in [3.8, 4) is 0 Å². The lowest BCUT2D eigenvalue weighted by atomic mass is 10.2. The van der Waals surface area contributed by atoms with Crippen LogP contribution in [0, 0.1) is 0 Å². The zero-order valence-corrected chi connectivity index (χ0v) is 12.9. The molecular formula is C17H26N4. The summed E-state index contributed by atoms with van der Waals surface area (Å²) in [5.74, 6) is 0. The van der Waals surface area contributed by atoms with Gasteiger partial charge < -0.3 is 15.2 Å². The number of hydrogen-bond acceptors (Lipinski definition) is 3. The SMILES string of the molecule is CCn1cc(CNCCN2CCNCC2)c2ccccc21. The lowest BCUT2D eigenvalue weighted by Gasteiger charge is -2.27. The van der Waals surface area contributed by atoms with E-state index in [0.717, 1.165) is 39.3 Å². The summed E-state index contributed by atoms with van der Waals surface area (Å²) in [6, 6.07) is 8.69. The molecule has 0 aliphatic carbocycles. The van der Waals surface area contributed by atoms with Gasteiger partial charge in [-0.1, -0.05) is 18.2 Å². The van der Waals surface area contributed by atoms with Gasteiger partial charge in [0.2, 0.25) is 0 Å². The Morgan fingerprint density at radius 1 is 1.19 bits per heavy atom. The summed E-state index contributed by atoms with van der Waals surface area (Å²) < 4.78 is 2.34. The van der Waals surface area contributed by atoms with E-state index in [9.17, 15) is 0 Å². The van der Waals surface area contributed by atoms with Gasteiger partial charge in [0.15, 0.2) is 0 Å². The van der Waals surface area contributed by atoms with E-state index >= 15 is 0 Å². The zero-order chi connectivity index (χ0) is 14.5. The highest BCUT2D eigenvalue weighted by Crippen LogP contribution is 2.21. The molecule has 0 bridgehead atoms. The van der Waals surface area contributed by atoms with Crippen LogP contribution in [0.5, 0.6) is 0 Å². The fraction of sp³-hybridized carbons (Fsp3) is 0.529. The van der Waals surface area contributed by atoms with E-state index in [1.807, 2.05) is 0 Å². The fourth-order valence-corrected chi connectivity index (χ4v) is 3.12. The van der Waals surface area contributed by atoms with Gasteiger partial charge in [-0.25, -0.2) is 0 Å². The monoisotopic (exact) mass is 286 g/mol. The van der Waals surface area contributed by atoms with E-state index in [1.165, 1.54) is 29.6 Å². The van der Waals surface area contributed by atoms with Gasteiger partial charge in [-0.15, -0.1) is 0 Å². The molecule has 1 fully saturated rings. The second kappa shape index (κ2) is 7.07. The molecule has 3 rings (SSSR count). The maximum Gasteiger partial charge on any atom is 0.0483 e. The topological polar surface area (TPSA) is 32.2 Å². The van der Waals surface area contributed by atoms with E-state index in [4.69, 9.17) is 0 Å². The van der Waals surface area contributed by atoms with Crippen LogP contribution in [-0.4, -0.2) is 48.7 Å². The predicted molar refractivity (Wildman–Crippen MR) is 88.6 cm³/mol. The Labute approximate surface area is 127 Å². The quantitative estimate of drug-likeness (QED) is 0.792. The third-order valence-corrected chi connectivity index (χ3v) is 4.34. The van der Waals surface area contributed by atoms with E-state index in [2.05, 4.69) is 57.5 Å². The van der Waals surface area contributed by atoms with Gasteiger partial charge in [0, 0.05) is 69.5 Å². The van der Waals surface area contributed by atoms with Crippen molar-refractivity contribution >= 4 is 10.9 Å². The Morgan fingerprint density at radius 2 is 2.00 bits per heavy atom. The van der Waals surface area contributed by atoms with Crippen LogP contribution in [0.25, 0.3) is 10.9 Å². The van der Waals surface area contributed by atoms with Crippen LogP contribution in [0.2, 0.25) is 0 Å². The standard InChI is InChI=1S/C17H26N4/c1-2-21-14-15(16-5-3-4-6-17(16)21)13-19-9-12-20-10-7-18-8-11-20/h3-6,14,18-19H,2,7-13H2,1H3. The Morgan fingerprint density at radius 3 is 2.81 bits per heavy atom. The molecule has 4 heteroatoms. The van der Waals surface area contributed by atoms with Gasteiger partial charge in [0.1, 0.15) is 0 Å². The first-order valence-corrected chi connectivity index (χ1v) is 8.09. The van der Waals surface area contributed by atoms with Crippen LogP contribution in [0.3, 0.4) is 0 Å². The molecule has 1 aromatic heterocycles. The first kappa shape index (κ1) is 14.6. The fourth-order valence-electron chi connectivity index (χ4n) is 3.12. The Hall–Kier alpha value is -1.36. The molecule has 0 saturated carbocycles. The molecule has 21 heavy (non-hydrogen) atoms. The van der Waals surface area contributed by atoms with Crippen LogP contribution < -0.4 is 10.6 Å². The van der Waals surface area contributed by atoms with E-state index in [0.29, 0.717) is 0 Å². The van der Waals surface area contributed by atoms with Crippen molar-refractivity contribution in [2.24, 2.45) is 0 Å². The average Bonchev–Trinajstić information content (AvgIpc) is 2.91. The smallest absolute Gasteiger partial charge is 0.0483 e. The molecule has 0 spiro atoms. The molecule has 0 radical (unpaired) electrons. The molecule has 1 saturated heterocycles. The molecule has 1 aliphatic heterocycles. The Bertz CT molecular complexity index is 569. The molecule has 114 valence electrons. The zero-order valence-electron chi connectivity index (χ0n) is 12.9. The molecule has 2 N–H and O–H groups in total. The van der Waals surface area contributed by atoms with Crippen molar-refractivity contribution in [1.82, 2.24) is 20.1 Å². The Kier molecular flexibility index (Phi) is 4.91. The molecular weight excluding hydrogens is 260 g/mol. The van der Waals surface area contributed by atoms with E-state index in [-0.39, 0.29) is 0 Å². The summed E-state index contributed by atoms with van der Waals surface area (Å²) in [7, 11) is 0. The van der Waals surface area contributed by atoms with Gasteiger partial charge in [-0.2, -0.15) is 0 Å². The first-order chi connectivity index (χ1) is 10.4. The minimum Gasteiger partial charge on any atom is -0.347 e. The van der Waals surface area contributed by atoms with Crippen LogP contribution in [0.15, 0.2) is 30.5 Å². The molecule has 0 amide bonds. The Balaban J connectivity index is 1.55. The van der Waals surface area contributed by atoms with Crippen LogP contribution in [0.4, 0.5) is 0 Å². The molecule has 1 aliphatic rings. The lowest BCUT2D eigenvalue weighted by molar-refractivity contribution is 0.241. The maximum absolute atomic E-state index is 3.60. The number of benzene rings is 1. The number of rotatable bonds is 6. The lowest BCUT2D eigenvalue weighted by Crippen LogP contribution is -2.45. The van der Waals surface area contributed by atoms with Gasteiger partial charge in [-0.05, 0) is 18.6 Å². The third kappa shape index (κ3) is 3.46. The minimum absolute atomic E-state index is 0.958. The molecule has 2 heterocycles. The summed E-state index contributed by atoms with van der Waals surface area (Å²) in [5, 5.41) is 8.38. The van der Waals surface area contributed by atoms with Gasteiger partial charge in [0.25, 0.3) is 0 Å². The second-order valence-electron chi connectivity index (χ2n) is 5.73. The van der Waals surface area contributed by atoms with Crippen molar-refractivity contribution in [3.05, 3.63) is 36.0 Å². The summed E-state index contributed by atoms with van der Waals surface area (Å²) in [5.41, 5.74) is 2.76. The maximum atomic E-state index is 3.60. The van der Waals surface area contributed by atoms with Crippen LogP contribution in [0.1, 0.15) is 12.5 Å². The number of fused-ring (bicyclic) bond motifs is 1. The number of nitrogens with zero attached hydrogens (tertiary/aromatic N) is 2. The predicted octanol–water partition coefficient (Wildman–Crippen LogP) is 1.66. The first-order valence-electron chi connectivity index (χ1n) is 8.09. The average molecular weight is 286 g/mol. The van der Waals surface area contributed by atoms with E-state index < -0.39 is 0 Å². The minimum atomic E-state index is 0.958. The van der Waals surface area contributed by atoms with Crippen LogP contribution in [-0.2, 0) is 13.1 Å². The van der Waals surface area contributed by atoms with Crippen molar-refractivity contribution in [3.63, 3.8) is 0 Å². The molecule has 0 unspecified atom stereocenters. The second-order valence-corrected chi connectivity index (χ2v) is 5.73.